The van der Waals surface area contributed by atoms with E-state index in [0.29, 0.717) is 10.4 Å². The van der Waals surface area contributed by atoms with Gasteiger partial charge in [-0.25, -0.2) is 8.42 Å². The highest BCUT2D eigenvalue weighted by Gasteiger charge is 2.36. The van der Waals surface area contributed by atoms with Gasteiger partial charge < -0.3 is 0 Å². The predicted octanol–water partition coefficient (Wildman–Crippen LogP) is 1.68. The van der Waals surface area contributed by atoms with Gasteiger partial charge in [0, 0.05) is 17.4 Å². The fourth-order valence-electron chi connectivity index (χ4n) is 2.50. The number of nitrogens with zero attached hydrogens (tertiary/aromatic N) is 1. The number of rotatable bonds is 5. The monoisotopic (exact) mass is 427 g/mol. The number of thioether (sulfide) groups is 1. The normalized spacial score (nSPS) is 17.1. The Balaban J connectivity index is 1.60. The molecule has 1 aliphatic rings. The molecule has 0 saturated heterocycles. The first-order chi connectivity index (χ1) is 12.8. The van der Waals surface area contributed by atoms with Crippen LogP contribution < -0.4 is 10.9 Å². The van der Waals surface area contributed by atoms with Crippen molar-refractivity contribution in [1.82, 2.24) is 10.9 Å². The second-order valence-electron chi connectivity index (χ2n) is 5.54. The first-order valence-electron chi connectivity index (χ1n) is 7.53. The highest BCUT2D eigenvalue weighted by molar-refractivity contribution is 8.02. The molecule has 0 radical (unpaired) electrons. The van der Waals surface area contributed by atoms with Crippen molar-refractivity contribution in [2.75, 3.05) is 11.5 Å². The van der Waals surface area contributed by atoms with E-state index in [1.54, 1.807) is 17.5 Å². The summed E-state index contributed by atoms with van der Waals surface area (Å²) in [5, 5.41) is 12.1. The molecule has 12 heteroatoms. The average molecular weight is 427 g/mol. The van der Waals surface area contributed by atoms with Crippen LogP contribution in [0, 0.1) is 10.1 Å². The number of hydrazine groups is 1. The van der Waals surface area contributed by atoms with E-state index < -0.39 is 31.8 Å². The van der Waals surface area contributed by atoms with Crippen LogP contribution in [0.5, 0.6) is 0 Å². The number of amides is 2. The Kier molecular flexibility index (Phi) is 5.48. The number of carbonyl (C=O) groups is 2. The Bertz CT molecular complexity index is 1000. The van der Waals surface area contributed by atoms with Crippen molar-refractivity contribution in [1.29, 1.82) is 0 Å². The summed E-state index contributed by atoms with van der Waals surface area (Å²) < 4.78 is 24.5. The molecule has 2 aromatic rings. The van der Waals surface area contributed by atoms with Crippen LogP contribution in [-0.2, 0) is 14.6 Å². The summed E-state index contributed by atoms with van der Waals surface area (Å²) in [4.78, 5) is 34.2. The van der Waals surface area contributed by atoms with E-state index in [1.165, 1.54) is 23.5 Å². The lowest BCUT2D eigenvalue weighted by Gasteiger charge is -2.10. The third-order valence-corrected chi connectivity index (χ3v) is 7.86. The topological polar surface area (TPSA) is 135 Å². The lowest BCUT2D eigenvalue weighted by molar-refractivity contribution is -0.385. The Morgan fingerprint density at radius 2 is 2.07 bits per heavy atom. The molecule has 1 atom stereocenters. The van der Waals surface area contributed by atoms with Crippen molar-refractivity contribution >= 4 is 50.4 Å². The first-order valence-corrected chi connectivity index (χ1v) is 11.1. The minimum Gasteiger partial charge on any atom is -0.272 e. The molecule has 1 aromatic carbocycles. The summed E-state index contributed by atoms with van der Waals surface area (Å²) in [5.74, 6) is -1.24. The fourth-order valence-corrected chi connectivity index (χ4v) is 6.55. The quantitative estimate of drug-likeness (QED) is 0.547. The average Bonchev–Trinajstić information content (AvgIpc) is 3.24. The molecule has 0 aliphatic carbocycles. The van der Waals surface area contributed by atoms with Crippen molar-refractivity contribution < 1.29 is 22.9 Å². The van der Waals surface area contributed by atoms with Crippen LogP contribution in [0.25, 0.3) is 0 Å². The molecule has 9 nitrogen and oxygen atoms in total. The van der Waals surface area contributed by atoms with Crippen LogP contribution in [0.1, 0.15) is 20.5 Å². The number of nitro benzene ring substituents is 1. The molecule has 2 N–H and O–H groups in total. The highest BCUT2D eigenvalue weighted by Crippen LogP contribution is 2.42. The lowest BCUT2D eigenvalue weighted by atomic mass is 10.1. The number of fused-ring (bicyclic) bond motifs is 1. The van der Waals surface area contributed by atoms with E-state index >= 15 is 0 Å². The largest absolute Gasteiger partial charge is 0.279 e. The van der Waals surface area contributed by atoms with Crippen molar-refractivity contribution in [3.05, 3.63) is 56.3 Å². The zero-order valence-electron chi connectivity index (χ0n) is 13.6. The zero-order valence-corrected chi connectivity index (χ0v) is 16.0. The van der Waals surface area contributed by atoms with Gasteiger partial charge in [-0.1, -0.05) is 6.07 Å². The molecule has 1 aliphatic heterocycles. The van der Waals surface area contributed by atoms with Crippen molar-refractivity contribution in [3.63, 3.8) is 0 Å². The minimum atomic E-state index is -3.64. The molecule has 2 heterocycles. The molecule has 0 fully saturated rings. The van der Waals surface area contributed by atoms with Gasteiger partial charge in [-0.2, -0.15) is 0 Å². The van der Waals surface area contributed by atoms with Gasteiger partial charge in [-0.15, -0.1) is 23.1 Å². The number of non-ortho nitro benzene ring substituents is 1. The number of sulfone groups is 1. The van der Waals surface area contributed by atoms with Crippen LogP contribution in [0.4, 0.5) is 5.69 Å². The molecule has 142 valence electrons. The Morgan fingerprint density at radius 3 is 2.74 bits per heavy atom. The van der Waals surface area contributed by atoms with Crippen molar-refractivity contribution in [3.8, 4) is 0 Å². The van der Waals surface area contributed by atoms with Crippen molar-refractivity contribution in [2.24, 2.45) is 0 Å². The molecular formula is C15H13N3O6S3. The number of benzene rings is 1. The fraction of sp³-hybridized carbons (Fsp3) is 0.200. The smallest absolute Gasteiger partial charge is 0.272 e. The summed E-state index contributed by atoms with van der Waals surface area (Å²) in [5.41, 5.74) is 4.70. The summed E-state index contributed by atoms with van der Waals surface area (Å²) >= 11 is 2.32. The summed E-state index contributed by atoms with van der Waals surface area (Å²) in [7, 11) is -3.64. The molecule has 0 spiro atoms. The number of nitro groups is 1. The van der Waals surface area contributed by atoms with Gasteiger partial charge in [0.2, 0.25) is 5.91 Å². The standard InChI is InChI=1S/C15H13N3O6S3/c19-14(16-17-15(20)11-2-1-5-25-11)7-26-12-8-27(23,24)13-6-9(18(21)22)3-4-10(12)13/h1-6,12H,7-8H2,(H,16,19)(H,17,20)/t12-/m1/s1. The van der Waals surface area contributed by atoms with E-state index in [4.69, 9.17) is 0 Å². The van der Waals surface area contributed by atoms with Gasteiger partial charge >= 0.3 is 0 Å². The second-order valence-corrected chi connectivity index (χ2v) is 9.68. The third-order valence-electron chi connectivity index (χ3n) is 3.74. The maximum Gasteiger partial charge on any atom is 0.279 e. The molecule has 2 amide bonds. The maximum absolute atomic E-state index is 12.2. The first kappa shape index (κ1) is 19.3. The van der Waals surface area contributed by atoms with Crippen LogP contribution in [0.15, 0.2) is 40.6 Å². The molecule has 3 rings (SSSR count). The van der Waals surface area contributed by atoms with Gasteiger partial charge in [0.05, 0.1) is 26.2 Å². The van der Waals surface area contributed by atoms with E-state index in [2.05, 4.69) is 10.9 Å². The summed E-state index contributed by atoms with van der Waals surface area (Å²) in [6.07, 6.45) is 0. The number of hydrogen-bond acceptors (Lipinski definition) is 8. The van der Waals surface area contributed by atoms with E-state index in [0.717, 1.165) is 17.8 Å². The van der Waals surface area contributed by atoms with Gasteiger partial charge in [-0.05, 0) is 23.1 Å². The molecule has 1 aromatic heterocycles. The number of nitrogens with one attached hydrogen (secondary N) is 2. The number of hydrogen-bond donors (Lipinski definition) is 2. The minimum absolute atomic E-state index is 0.0689. The maximum atomic E-state index is 12.2. The summed E-state index contributed by atoms with van der Waals surface area (Å²) in [6.45, 7) is 0. The van der Waals surface area contributed by atoms with Crippen LogP contribution >= 0.6 is 23.1 Å². The lowest BCUT2D eigenvalue weighted by Crippen LogP contribution is -2.42. The van der Waals surface area contributed by atoms with Crippen LogP contribution in [0.2, 0.25) is 0 Å². The van der Waals surface area contributed by atoms with Gasteiger partial charge in [0.1, 0.15) is 0 Å². The third kappa shape index (κ3) is 4.28. The van der Waals surface area contributed by atoms with Gasteiger partial charge in [0.15, 0.2) is 9.84 Å². The SMILES string of the molecule is O=C(CS[C@@H]1CS(=O)(=O)c2cc([N+](=O)[O-])ccc21)NNC(=O)c1cccs1. The Morgan fingerprint density at radius 1 is 1.30 bits per heavy atom. The molecule has 27 heavy (non-hydrogen) atoms. The van der Waals surface area contributed by atoms with E-state index in [-0.39, 0.29) is 22.1 Å². The van der Waals surface area contributed by atoms with Crippen LogP contribution in [-0.4, -0.2) is 36.7 Å². The van der Waals surface area contributed by atoms with Crippen molar-refractivity contribution in [2.45, 2.75) is 10.1 Å². The van der Waals surface area contributed by atoms with Crippen LogP contribution in [0.3, 0.4) is 0 Å². The van der Waals surface area contributed by atoms with E-state index in [9.17, 15) is 28.1 Å². The molecular weight excluding hydrogens is 414 g/mol. The van der Waals surface area contributed by atoms with Gasteiger partial charge in [-0.3, -0.25) is 30.6 Å². The molecule has 0 bridgehead atoms. The molecule has 0 saturated carbocycles. The Labute approximate surface area is 162 Å². The second kappa shape index (κ2) is 7.66. The van der Waals surface area contributed by atoms with E-state index in [1.807, 2.05) is 0 Å². The zero-order chi connectivity index (χ0) is 19.6. The number of carbonyl (C=O) groups excluding carboxylic acids is 2. The number of thiophene rings is 1. The highest BCUT2D eigenvalue weighted by atomic mass is 32.2. The van der Waals surface area contributed by atoms with Gasteiger partial charge in [0.25, 0.3) is 11.6 Å². The summed E-state index contributed by atoms with van der Waals surface area (Å²) in [6, 6.07) is 7.02. The Hall–Kier alpha value is -2.44. The molecule has 0 unspecified atom stereocenters. The predicted molar refractivity (Wildman–Crippen MR) is 100 cm³/mol.